The summed E-state index contributed by atoms with van der Waals surface area (Å²) in [5.74, 6) is -1.56. The molecule has 2 aliphatic carbocycles. The highest BCUT2D eigenvalue weighted by Crippen LogP contribution is 2.65. The lowest BCUT2D eigenvalue weighted by Gasteiger charge is -2.61. The third kappa shape index (κ3) is 6.07. The SMILES string of the molecule is COc1ccc2c3c1O[C@H]1C(OC(=O)N4CCCC4CNC(=O)[C@H](CCCN=C(N)N)CC(=O)CC(=O)O)=CC[C@@]4(O)[C@@H](C2)N(C)CC[C@]314. The number of rotatable bonds is 13. The summed E-state index contributed by atoms with van der Waals surface area (Å²) in [7, 11) is 3.61. The number of likely N-dealkylation sites (N-methyl/N-ethyl adjacent to an activating group) is 1. The summed E-state index contributed by atoms with van der Waals surface area (Å²) >= 11 is 0. The summed E-state index contributed by atoms with van der Waals surface area (Å²) in [6.07, 6.45) is 3.21. The summed E-state index contributed by atoms with van der Waals surface area (Å²) in [6, 6.07) is 3.44. The monoisotopic (exact) mass is 682 g/mol. The first kappa shape index (κ1) is 34.5. The number of methoxy groups -OCH3 is 1. The number of likely N-dealkylation sites (tertiary alicyclic amines) is 2. The predicted octanol–water partition coefficient (Wildman–Crippen LogP) is 0.794. The minimum atomic E-state index is -1.26. The third-order valence-corrected chi connectivity index (χ3v) is 11.1. The molecule has 2 bridgehead atoms. The van der Waals surface area contributed by atoms with Gasteiger partial charge >= 0.3 is 12.1 Å². The number of nitrogens with two attached hydrogens (primary N) is 2. The Morgan fingerprint density at radius 3 is 2.76 bits per heavy atom. The minimum absolute atomic E-state index is 0.0849. The van der Waals surface area contributed by atoms with Crippen molar-refractivity contribution in [3.8, 4) is 11.5 Å². The van der Waals surface area contributed by atoms with Gasteiger partial charge in [-0.3, -0.25) is 19.4 Å². The summed E-state index contributed by atoms with van der Waals surface area (Å²) < 4.78 is 18.4. The Kier molecular flexibility index (Phi) is 9.50. The number of carbonyl (C=O) groups excluding carboxylic acids is 3. The average Bonchev–Trinajstić information content (AvgIpc) is 3.67. The van der Waals surface area contributed by atoms with Crippen LogP contribution in [-0.2, 0) is 31.0 Å². The molecule has 2 amide bonds. The number of aliphatic imine (C=N–C) groups is 1. The van der Waals surface area contributed by atoms with Crippen LogP contribution in [0, 0.1) is 5.92 Å². The van der Waals surface area contributed by atoms with Gasteiger partial charge in [-0.1, -0.05) is 6.07 Å². The van der Waals surface area contributed by atoms with Gasteiger partial charge in [0.05, 0.1) is 24.2 Å². The second kappa shape index (κ2) is 13.5. The van der Waals surface area contributed by atoms with Gasteiger partial charge in [0.15, 0.2) is 23.6 Å². The van der Waals surface area contributed by atoms with E-state index in [0.29, 0.717) is 62.3 Å². The highest BCUT2D eigenvalue weighted by Gasteiger charge is 2.72. The normalized spacial score (nSPS) is 28.4. The molecule has 266 valence electrons. The molecule has 7 N–H and O–H groups in total. The van der Waals surface area contributed by atoms with Crippen molar-refractivity contribution < 1.29 is 43.6 Å². The molecule has 3 heterocycles. The molecule has 0 aromatic heterocycles. The van der Waals surface area contributed by atoms with E-state index in [9.17, 15) is 24.3 Å². The van der Waals surface area contributed by atoms with Gasteiger partial charge in [-0.05, 0) is 69.8 Å². The van der Waals surface area contributed by atoms with E-state index in [0.717, 1.165) is 17.7 Å². The molecule has 49 heavy (non-hydrogen) atoms. The van der Waals surface area contributed by atoms with Crippen LogP contribution in [0.5, 0.6) is 11.5 Å². The second-order valence-corrected chi connectivity index (χ2v) is 13.8. The summed E-state index contributed by atoms with van der Waals surface area (Å²) in [5.41, 5.74) is 10.9. The Morgan fingerprint density at radius 1 is 1.22 bits per heavy atom. The lowest BCUT2D eigenvalue weighted by atomic mass is 9.50. The van der Waals surface area contributed by atoms with Gasteiger partial charge in [-0.2, -0.15) is 0 Å². The van der Waals surface area contributed by atoms with Crippen LogP contribution in [0.2, 0.25) is 0 Å². The van der Waals surface area contributed by atoms with Crippen LogP contribution >= 0.6 is 0 Å². The first-order chi connectivity index (χ1) is 23.4. The Hall–Kier alpha value is -4.37. The van der Waals surface area contributed by atoms with Gasteiger partial charge in [0.2, 0.25) is 5.91 Å². The highest BCUT2D eigenvalue weighted by atomic mass is 16.6. The molecule has 5 aliphatic rings. The van der Waals surface area contributed by atoms with E-state index in [-0.39, 0.29) is 44.0 Å². The number of carboxylic acid groups (broad SMARTS) is 1. The number of carboxylic acids is 1. The van der Waals surface area contributed by atoms with E-state index in [1.807, 2.05) is 19.2 Å². The van der Waals surface area contributed by atoms with E-state index in [1.54, 1.807) is 18.1 Å². The number of piperidine rings is 1. The molecule has 0 radical (unpaired) electrons. The molecule has 15 nitrogen and oxygen atoms in total. The fourth-order valence-corrected chi connectivity index (χ4v) is 8.79. The number of aliphatic hydroxyl groups is 1. The van der Waals surface area contributed by atoms with Crippen molar-refractivity contribution in [1.29, 1.82) is 0 Å². The number of hydrogen-bond acceptors (Lipinski definition) is 10. The van der Waals surface area contributed by atoms with E-state index >= 15 is 0 Å². The van der Waals surface area contributed by atoms with Crippen molar-refractivity contribution in [2.45, 2.75) is 87.0 Å². The first-order valence-corrected chi connectivity index (χ1v) is 16.9. The van der Waals surface area contributed by atoms with Gasteiger partial charge in [0, 0.05) is 50.0 Å². The number of ether oxygens (including phenoxy) is 3. The minimum Gasteiger partial charge on any atom is -0.493 e. The third-order valence-electron chi connectivity index (χ3n) is 11.1. The van der Waals surface area contributed by atoms with Gasteiger partial charge in [0.1, 0.15) is 18.0 Å². The topological polar surface area (TPSA) is 219 Å². The molecular formula is C34H46N6O9. The molecule has 2 fully saturated rings. The number of guanidine groups is 1. The van der Waals surface area contributed by atoms with E-state index in [1.165, 1.54) is 0 Å². The molecule has 0 saturated carbocycles. The number of aliphatic carboxylic acids is 1. The lowest BCUT2D eigenvalue weighted by molar-refractivity contribution is -0.163. The van der Waals surface area contributed by atoms with Crippen molar-refractivity contribution in [1.82, 2.24) is 15.1 Å². The molecule has 1 spiro atoms. The fourth-order valence-electron chi connectivity index (χ4n) is 8.79. The van der Waals surface area contributed by atoms with Gasteiger partial charge in [-0.15, -0.1) is 0 Å². The standard InChI is InChI=1S/C34H46N6O9/c1-39-14-11-33-27-19-7-8-23(47-2)28(27)49-29(33)24(9-10-34(33,46)25(39)16-19)48-32(45)40-13-4-6-21(40)18-38-30(44)20(5-3-12-37-31(35)36)15-22(41)17-26(42)43/h7-9,20-21,25,29,46H,3-6,10-18H2,1-2H3,(H,38,44)(H,42,43)(H4,35,36,37)/t20-,21?,25-,29+,33+,34-/m1/s1. The number of Topliss-reactive ketones (excluding diaryl/α,β-unsaturated/α-hetero) is 1. The molecule has 15 heteroatoms. The van der Waals surface area contributed by atoms with Crippen molar-refractivity contribution in [3.05, 3.63) is 35.1 Å². The van der Waals surface area contributed by atoms with Crippen molar-refractivity contribution in [2.75, 3.05) is 40.3 Å². The Balaban J connectivity index is 1.15. The molecule has 1 unspecified atom stereocenters. The molecule has 1 aromatic rings. The maximum atomic E-state index is 13.8. The van der Waals surface area contributed by atoms with Crippen LogP contribution in [0.15, 0.2) is 29.0 Å². The Labute approximate surface area is 284 Å². The number of amides is 2. The molecule has 2 saturated heterocycles. The zero-order valence-electron chi connectivity index (χ0n) is 28.0. The highest BCUT2D eigenvalue weighted by molar-refractivity contribution is 5.96. The zero-order valence-corrected chi connectivity index (χ0v) is 28.0. The molecule has 3 aliphatic heterocycles. The van der Waals surface area contributed by atoms with Crippen molar-refractivity contribution in [3.63, 3.8) is 0 Å². The largest absolute Gasteiger partial charge is 0.493 e. The number of carbonyl (C=O) groups is 4. The van der Waals surface area contributed by atoms with Crippen molar-refractivity contribution in [2.24, 2.45) is 22.4 Å². The van der Waals surface area contributed by atoms with Gasteiger partial charge in [0.25, 0.3) is 0 Å². The maximum Gasteiger partial charge on any atom is 0.415 e. The fraction of sp³-hybridized carbons (Fsp3) is 0.618. The quantitative estimate of drug-likeness (QED) is 0.0844. The molecule has 1 aromatic carbocycles. The average molecular weight is 683 g/mol. The smallest absolute Gasteiger partial charge is 0.415 e. The second-order valence-electron chi connectivity index (χ2n) is 13.8. The summed E-state index contributed by atoms with van der Waals surface area (Å²) in [4.78, 5) is 58.1. The predicted molar refractivity (Wildman–Crippen MR) is 176 cm³/mol. The number of nitrogens with one attached hydrogen (secondary N) is 1. The first-order valence-electron chi connectivity index (χ1n) is 16.9. The number of nitrogens with zero attached hydrogens (tertiary/aromatic N) is 3. The van der Waals surface area contributed by atoms with Crippen LogP contribution in [-0.4, -0.2) is 114 Å². The Bertz CT molecular complexity index is 1580. The van der Waals surface area contributed by atoms with Crippen LogP contribution < -0.4 is 26.3 Å². The van der Waals surface area contributed by atoms with Crippen LogP contribution in [0.25, 0.3) is 0 Å². The number of benzene rings is 1. The lowest BCUT2D eigenvalue weighted by Crippen LogP contribution is -2.74. The van der Waals surface area contributed by atoms with E-state index in [4.69, 9.17) is 30.8 Å². The van der Waals surface area contributed by atoms with Crippen LogP contribution in [0.4, 0.5) is 4.79 Å². The van der Waals surface area contributed by atoms with Crippen LogP contribution in [0.3, 0.4) is 0 Å². The van der Waals surface area contributed by atoms with Gasteiger partial charge < -0.3 is 51.0 Å². The van der Waals surface area contributed by atoms with Crippen molar-refractivity contribution >= 4 is 29.7 Å². The Morgan fingerprint density at radius 2 is 2.02 bits per heavy atom. The zero-order chi connectivity index (χ0) is 35.1. The van der Waals surface area contributed by atoms with Gasteiger partial charge in [-0.25, -0.2) is 4.79 Å². The number of ketones is 1. The summed E-state index contributed by atoms with van der Waals surface area (Å²) in [6.45, 7) is 1.57. The molecular weight excluding hydrogens is 636 g/mol. The molecule has 6 atom stereocenters. The van der Waals surface area contributed by atoms with E-state index in [2.05, 4.69) is 15.2 Å². The summed E-state index contributed by atoms with van der Waals surface area (Å²) in [5, 5.41) is 24.3. The number of hydrogen-bond donors (Lipinski definition) is 5. The molecule has 6 rings (SSSR count). The van der Waals surface area contributed by atoms with E-state index < -0.39 is 53.2 Å². The van der Waals surface area contributed by atoms with Crippen LogP contribution in [0.1, 0.15) is 62.5 Å². The maximum absolute atomic E-state index is 13.8.